The molecule has 0 radical (unpaired) electrons. The van der Waals surface area contributed by atoms with Crippen LogP contribution in [0.2, 0.25) is 0 Å². The second kappa shape index (κ2) is 5.72. The van der Waals surface area contributed by atoms with Gasteiger partial charge in [-0.05, 0) is 18.2 Å². The molecule has 23 heavy (non-hydrogen) atoms. The van der Waals surface area contributed by atoms with Gasteiger partial charge in [0.2, 0.25) is 5.91 Å². The monoisotopic (exact) mass is 308 g/mol. The molecule has 3 rings (SSSR count). The molecule has 2 N–H and O–H groups in total. The number of amides is 1. The zero-order chi connectivity index (χ0) is 16.4. The maximum atomic E-state index is 11.0. The van der Waals surface area contributed by atoms with E-state index in [9.17, 15) is 14.9 Å². The largest absolute Gasteiger partial charge is 0.366 e. The lowest BCUT2D eigenvalue weighted by atomic mass is 10.1. The Kier molecular flexibility index (Phi) is 3.60. The Morgan fingerprint density at radius 2 is 2.09 bits per heavy atom. The van der Waals surface area contributed by atoms with Crippen LogP contribution in [0, 0.1) is 10.1 Å². The number of nitrogens with two attached hydrogens (primary N) is 1. The summed E-state index contributed by atoms with van der Waals surface area (Å²) >= 11 is 0. The summed E-state index contributed by atoms with van der Waals surface area (Å²) in [7, 11) is 0. The number of imidazole rings is 1. The lowest BCUT2D eigenvalue weighted by Gasteiger charge is -2.01. The Morgan fingerprint density at radius 1 is 1.26 bits per heavy atom. The summed E-state index contributed by atoms with van der Waals surface area (Å²) in [5, 5.41) is 11.0. The van der Waals surface area contributed by atoms with Gasteiger partial charge in [0, 0.05) is 30.0 Å². The first-order chi connectivity index (χ1) is 11.1. The first-order valence-electron chi connectivity index (χ1n) is 6.75. The lowest BCUT2D eigenvalue weighted by Crippen LogP contribution is -2.05. The number of pyridine rings is 1. The summed E-state index contributed by atoms with van der Waals surface area (Å²) in [6.07, 6.45) is 4.58. The highest BCUT2D eigenvalue weighted by Crippen LogP contribution is 2.28. The molecule has 0 unspecified atom stereocenters. The van der Waals surface area contributed by atoms with Crippen LogP contribution in [0.5, 0.6) is 0 Å². The molecule has 0 aliphatic rings. The number of rotatable bonds is 4. The van der Waals surface area contributed by atoms with Crippen molar-refractivity contribution in [2.75, 3.05) is 0 Å². The van der Waals surface area contributed by atoms with Crippen LogP contribution in [0.15, 0.2) is 54.7 Å². The van der Waals surface area contributed by atoms with Crippen molar-refractivity contribution in [2.24, 2.45) is 5.73 Å². The zero-order valence-corrected chi connectivity index (χ0v) is 11.9. The highest BCUT2D eigenvalue weighted by molar-refractivity contribution is 5.91. The number of benzene rings is 1. The number of nitro groups is 1. The Bertz CT molecular complexity index is 943. The number of non-ortho nitro benzene ring substituents is 1. The van der Waals surface area contributed by atoms with Crippen molar-refractivity contribution in [1.29, 1.82) is 0 Å². The molecular weight excluding hydrogens is 296 g/mol. The smallest absolute Gasteiger partial charge is 0.270 e. The van der Waals surface area contributed by atoms with Gasteiger partial charge < -0.3 is 5.73 Å². The number of carbonyl (C=O) groups excluding carboxylic acids is 1. The Hall–Kier alpha value is -3.48. The van der Waals surface area contributed by atoms with Crippen LogP contribution < -0.4 is 5.73 Å². The van der Waals surface area contributed by atoms with Crippen molar-refractivity contribution in [3.8, 4) is 11.3 Å². The van der Waals surface area contributed by atoms with Gasteiger partial charge in [-0.25, -0.2) is 4.98 Å². The minimum absolute atomic E-state index is 0.0237. The number of nitro benzene ring substituents is 1. The third-order valence-corrected chi connectivity index (χ3v) is 3.30. The average Bonchev–Trinajstić information content (AvgIpc) is 2.91. The fourth-order valence-electron chi connectivity index (χ4n) is 2.31. The van der Waals surface area contributed by atoms with Gasteiger partial charge in [-0.3, -0.25) is 19.3 Å². The van der Waals surface area contributed by atoms with Crippen LogP contribution in [0.3, 0.4) is 0 Å². The van der Waals surface area contributed by atoms with Crippen molar-refractivity contribution in [1.82, 2.24) is 9.38 Å². The molecule has 0 saturated heterocycles. The molecule has 0 saturated carbocycles. The van der Waals surface area contributed by atoms with Gasteiger partial charge in [0.1, 0.15) is 5.65 Å². The van der Waals surface area contributed by atoms with Crippen molar-refractivity contribution in [3.05, 3.63) is 70.5 Å². The fourth-order valence-corrected chi connectivity index (χ4v) is 2.31. The van der Waals surface area contributed by atoms with E-state index in [0.717, 1.165) is 0 Å². The molecule has 2 aromatic heterocycles. The van der Waals surface area contributed by atoms with Crippen molar-refractivity contribution >= 4 is 23.3 Å². The highest BCUT2D eigenvalue weighted by Gasteiger charge is 2.14. The molecule has 0 fully saturated rings. The second-order valence-electron chi connectivity index (χ2n) is 4.82. The van der Waals surface area contributed by atoms with Gasteiger partial charge >= 0.3 is 0 Å². The van der Waals surface area contributed by atoms with E-state index in [2.05, 4.69) is 4.98 Å². The number of nitrogens with zero attached hydrogens (tertiary/aromatic N) is 3. The summed E-state index contributed by atoms with van der Waals surface area (Å²) in [5.74, 6) is -0.583. The first-order valence-corrected chi connectivity index (χ1v) is 6.75. The molecule has 0 aliphatic heterocycles. The summed E-state index contributed by atoms with van der Waals surface area (Å²) < 4.78 is 1.79. The van der Waals surface area contributed by atoms with Crippen LogP contribution in [-0.2, 0) is 4.79 Å². The van der Waals surface area contributed by atoms with E-state index in [0.29, 0.717) is 22.6 Å². The minimum Gasteiger partial charge on any atom is -0.366 e. The molecule has 0 aliphatic carbocycles. The molecule has 1 aromatic carbocycles. The maximum Gasteiger partial charge on any atom is 0.270 e. The third kappa shape index (κ3) is 2.80. The Morgan fingerprint density at radius 3 is 2.83 bits per heavy atom. The fraction of sp³-hybridized carbons (Fsp3) is 0. The van der Waals surface area contributed by atoms with E-state index in [4.69, 9.17) is 5.73 Å². The van der Waals surface area contributed by atoms with Crippen molar-refractivity contribution in [2.45, 2.75) is 0 Å². The van der Waals surface area contributed by atoms with Gasteiger partial charge in [-0.15, -0.1) is 0 Å². The van der Waals surface area contributed by atoms with Gasteiger partial charge in [0.25, 0.3) is 5.69 Å². The molecule has 0 spiro atoms. The summed E-state index contributed by atoms with van der Waals surface area (Å²) in [4.78, 5) is 26.0. The normalized spacial score (nSPS) is 11.1. The van der Waals surface area contributed by atoms with E-state index in [1.54, 1.807) is 28.8 Å². The van der Waals surface area contributed by atoms with Gasteiger partial charge in [-0.2, -0.15) is 0 Å². The molecule has 1 amide bonds. The van der Waals surface area contributed by atoms with E-state index < -0.39 is 10.8 Å². The van der Waals surface area contributed by atoms with Crippen LogP contribution in [0.25, 0.3) is 23.0 Å². The maximum absolute atomic E-state index is 11.0. The zero-order valence-electron chi connectivity index (χ0n) is 11.9. The van der Waals surface area contributed by atoms with Crippen molar-refractivity contribution in [3.63, 3.8) is 0 Å². The van der Waals surface area contributed by atoms with Crippen LogP contribution >= 0.6 is 0 Å². The summed E-state index contributed by atoms with van der Waals surface area (Å²) in [6, 6.07) is 11.7. The van der Waals surface area contributed by atoms with E-state index in [1.165, 1.54) is 18.2 Å². The molecule has 0 bridgehead atoms. The van der Waals surface area contributed by atoms with Gasteiger partial charge in [-0.1, -0.05) is 18.2 Å². The summed E-state index contributed by atoms with van der Waals surface area (Å²) in [5.41, 5.74) is 7.56. The van der Waals surface area contributed by atoms with Crippen LogP contribution in [-0.4, -0.2) is 20.2 Å². The average molecular weight is 308 g/mol. The summed E-state index contributed by atoms with van der Waals surface area (Å²) in [6.45, 7) is 0. The predicted molar refractivity (Wildman–Crippen MR) is 85.5 cm³/mol. The third-order valence-electron chi connectivity index (χ3n) is 3.30. The number of primary amides is 1. The SMILES string of the molecule is NC(=O)/C=C\c1c(-c2cccc([N+](=O)[O-])c2)nc2ccccn12. The number of hydrogen-bond acceptors (Lipinski definition) is 4. The first kappa shape index (κ1) is 14.5. The van der Waals surface area contributed by atoms with Gasteiger partial charge in [0.05, 0.1) is 16.3 Å². The quantitative estimate of drug-likeness (QED) is 0.454. The molecule has 2 heterocycles. The molecule has 7 nitrogen and oxygen atoms in total. The van der Waals surface area contributed by atoms with Crippen LogP contribution in [0.1, 0.15) is 5.69 Å². The van der Waals surface area contributed by atoms with E-state index in [-0.39, 0.29) is 5.69 Å². The molecule has 0 atom stereocenters. The van der Waals surface area contributed by atoms with E-state index >= 15 is 0 Å². The molecule has 7 heteroatoms. The second-order valence-corrected chi connectivity index (χ2v) is 4.82. The number of aromatic nitrogens is 2. The molecular formula is C16H12N4O3. The lowest BCUT2D eigenvalue weighted by molar-refractivity contribution is -0.384. The van der Waals surface area contributed by atoms with Crippen molar-refractivity contribution < 1.29 is 9.72 Å². The predicted octanol–water partition coefficient (Wildman–Crippen LogP) is 2.41. The number of hydrogen-bond donors (Lipinski definition) is 1. The highest BCUT2D eigenvalue weighted by atomic mass is 16.6. The molecule has 114 valence electrons. The molecule has 3 aromatic rings. The Labute approximate surface area is 130 Å². The standard InChI is InChI=1S/C16H12N4O3/c17-14(21)8-7-13-16(18-15-6-1-2-9-19(13)15)11-4-3-5-12(10-11)20(22)23/h1-10H,(H2,17,21)/b8-7-. The topological polar surface area (TPSA) is 104 Å². The number of carbonyl (C=O) groups is 1. The Balaban J connectivity index is 2.24. The van der Waals surface area contributed by atoms with Gasteiger partial charge in [0.15, 0.2) is 0 Å². The van der Waals surface area contributed by atoms with E-state index in [1.807, 2.05) is 18.2 Å². The van der Waals surface area contributed by atoms with Crippen LogP contribution in [0.4, 0.5) is 5.69 Å². The number of fused-ring (bicyclic) bond motifs is 1. The minimum atomic E-state index is -0.583.